The molecular weight excluding hydrogens is 382 g/mol. The van der Waals surface area contributed by atoms with Gasteiger partial charge in [-0.3, -0.25) is 4.79 Å². The molecule has 5 heteroatoms. The fourth-order valence-electron chi connectivity index (χ4n) is 4.15. The quantitative estimate of drug-likeness (QED) is 0.780. The third kappa shape index (κ3) is 4.93. The SMILES string of the molecule is Cc1ccc(Cl)cc1N1CC[NH+]([C@@H](C)C(=O)Nc2c(C)cccc2C(C)C)CC1. The smallest absolute Gasteiger partial charge is 0.282 e. The largest absolute Gasteiger partial charge is 0.360 e. The van der Waals surface area contributed by atoms with Crippen LogP contribution in [0.25, 0.3) is 0 Å². The predicted octanol–water partition coefficient (Wildman–Crippen LogP) is 3.81. The molecule has 1 atom stereocenters. The molecular formula is C24H33ClN3O+. The number of rotatable bonds is 5. The standard InChI is InChI=1S/C24H32ClN3O/c1-16(2)21-8-6-7-18(4)23(21)26-24(29)19(5)27-11-13-28(14-12-27)22-15-20(25)10-9-17(22)3/h6-10,15-16,19H,11-14H2,1-5H3,(H,26,29)/p+1/t19-/m0/s1. The first-order valence-electron chi connectivity index (χ1n) is 10.5. The van der Waals surface area contributed by atoms with E-state index in [1.54, 1.807) is 0 Å². The molecule has 2 aromatic carbocycles. The normalized spacial score (nSPS) is 16.2. The van der Waals surface area contributed by atoms with E-state index in [0.717, 1.165) is 42.5 Å². The lowest BCUT2D eigenvalue weighted by Crippen LogP contribution is -3.19. The number of carbonyl (C=O) groups is 1. The highest BCUT2D eigenvalue weighted by molar-refractivity contribution is 6.30. The van der Waals surface area contributed by atoms with Gasteiger partial charge in [-0.1, -0.05) is 49.7 Å². The van der Waals surface area contributed by atoms with Gasteiger partial charge in [-0.15, -0.1) is 0 Å². The highest BCUT2D eigenvalue weighted by atomic mass is 35.5. The first-order valence-corrected chi connectivity index (χ1v) is 10.9. The molecule has 1 aliphatic heterocycles. The van der Waals surface area contributed by atoms with Gasteiger partial charge in [-0.2, -0.15) is 0 Å². The van der Waals surface area contributed by atoms with Crippen LogP contribution in [0.4, 0.5) is 11.4 Å². The van der Waals surface area contributed by atoms with E-state index in [-0.39, 0.29) is 11.9 Å². The van der Waals surface area contributed by atoms with Crippen molar-refractivity contribution < 1.29 is 9.69 Å². The first-order chi connectivity index (χ1) is 13.8. The molecule has 0 radical (unpaired) electrons. The predicted molar refractivity (Wildman–Crippen MR) is 122 cm³/mol. The highest BCUT2D eigenvalue weighted by Crippen LogP contribution is 2.27. The Kier molecular flexibility index (Phi) is 6.86. The maximum Gasteiger partial charge on any atom is 0.282 e. The molecule has 0 unspecified atom stereocenters. The van der Waals surface area contributed by atoms with Crippen LogP contribution in [0.15, 0.2) is 36.4 Å². The van der Waals surface area contributed by atoms with Gasteiger partial charge in [0, 0.05) is 16.4 Å². The van der Waals surface area contributed by atoms with Crippen molar-refractivity contribution in [3.05, 3.63) is 58.1 Å². The van der Waals surface area contributed by atoms with Gasteiger partial charge < -0.3 is 15.1 Å². The van der Waals surface area contributed by atoms with Crippen LogP contribution < -0.4 is 15.1 Å². The summed E-state index contributed by atoms with van der Waals surface area (Å²) in [5.74, 6) is 0.473. The Hall–Kier alpha value is -2.04. The molecule has 0 aromatic heterocycles. The van der Waals surface area contributed by atoms with Gasteiger partial charge in [-0.25, -0.2) is 0 Å². The summed E-state index contributed by atoms with van der Waals surface area (Å²) in [7, 11) is 0. The number of hydrogen-bond donors (Lipinski definition) is 2. The molecule has 156 valence electrons. The number of benzene rings is 2. The van der Waals surface area contributed by atoms with Crippen LogP contribution in [0.1, 0.15) is 43.4 Å². The number of nitrogens with zero attached hydrogens (tertiary/aromatic N) is 1. The van der Waals surface area contributed by atoms with Gasteiger partial charge in [0.1, 0.15) is 0 Å². The Morgan fingerprint density at radius 1 is 1.07 bits per heavy atom. The van der Waals surface area contributed by atoms with E-state index in [0.29, 0.717) is 5.92 Å². The summed E-state index contributed by atoms with van der Waals surface area (Å²) in [5.41, 5.74) is 5.74. The minimum absolute atomic E-state index is 0.0859. The Morgan fingerprint density at radius 2 is 1.76 bits per heavy atom. The number of carbonyl (C=O) groups excluding carboxylic acids is 1. The Morgan fingerprint density at radius 3 is 2.41 bits per heavy atom. The molecule has 2 N–H and O–H groups in total. The van der Waals surface area contributed by atoms with Crippen molar-refractivity contribution >= 4 is 28.9 Å². The summed E-state index contributed by atoms with van der Waals surface area (Å²) in [6, 6.07) is 12.2. The molecule has 0 saturated carbocycles. The maximum absolute atomic E-state index is 13.0. The first kappa shape index (κ1) is 21.7. The van der Waals surface area contributed by atoms with Crippen molar-refractivity contribution in [3.63, 3.8) is 0 Å². The van der Waals surface area contributed by atoms with Gasteiger partial charge in [0.15, 0.2) is 6.04 Å². The minimum atomic E-state index is -0.0859. The van der Waals surface area contributed by atoms with Gasteiger partial charge >= 0.3 is 0 Å². The Bertz CT molecular complexity index is 872. The zero-order valence-corrected chi connectivity index (χ0v) is 18.9. The maximum atomic E-state index is 13.0. The average molecular weight is 415 g/mol. The molecule has 1 heterocycles. The summed E-state index contributed by atoms with van der Waals surface area (Å²) in [6.07, 6.45) is 0. The lowest BCUT2D eigenvalue weighted by molar-refractivity contribution is -0.914. The van der Waals surface area contributed by atoms with Crippen LogP contribution in [0.2, 0.25) is 5.02 Å². The van der Waals surface area contributed by atoms with Crippen LogP contribution in [-0.2, 0) is 4.79 Å². The van der Waals surface area contributed by atoms with Gasteiger partial charge in [0.25, 0.3) is 5.91 Å². The molecule has 0 aliphatic carbocycles. The number of para-hydroxylation sites is 1. The lowest BCUT2D eigenvalue weighted by atomic mass is 9.98. The second-order valence-corrected chi connectivity index (χ2v) is 8.92. The number of anilines is 2. The van der Waals surface area contributed by atoms with Crippen LogP contribution in [0, 0.1) is 13.8 Å². The van der Waals surface area contributed by atoms with E-state index < -0.39 is 0 Å². The van der Waals surface area contributed by atoms with Crippen molar-refractivity contribution in [2.24, 2.45) is 0 Å². The van der Waals surface area contributed by atoms with Crippen LogP contribution in [0.3, 0.4) is 0 Å². The number of quaternary nitrogens is 1. The molecule has 0 spiro atoms. The molecule has 3 rings (SSSR count). The van der Waals surface area contributed by atoms with Gasteiger partial charge in [-0.05, 0) is 55.5 Å². The summed E-state index contributed by atoms with van der Waals surface area (Å²) >= 11 is 6.20. The number of aryl methyl sites for hydroxylation is 2. The van der Waals surface area contributed by atoms with Crippen LogP contribution >= 0.6 is 11.6 Å². The summed E-state index contributed by atoms with van der Waals surface area (Å²) < 4.78 is 0. The monoisotopic (exact) mass is 414 g/mol. The fraction of sp³-hybridized carbons (Fsp3) is 0.458. The second kappa shape index (κ2) is 9.19. The van der Waals surface area contributed by atoms with E-state index >= 15 is 0 Å². The summed E-state index contributed by atoms with van der Waals surface area (Å²) in [5, 5.41) is 4.00. The third-order valence-corrected chi connectivity index (χ3v) is 6.33. The molecule has 29 heavy (non-hydrogen) atoms. The van der Waals surface area contributed by atoms with Crippen LogP contribution in [0.5, 0.6) is 0 Å². The number of hydrogen-bond acceptors (Lipinski definition) is 2. The van der Waals surface area contributed by atoms with Crippen molar-refractivity contribution in [1.82, 2.24) is 0 Å². The molecule has 2 aromatic rings. The average Bonchev–Trinajstić information content (AvgIpc) is 2.70. The minimum Gasteiger partial charge on any atom is -0.360 e. The van der Waals surface area contributed by atoms with E-state index in [4.69, 9.17) is 11.6 Å². The van der Waals surface area contributed by atoms with E-state index in [2.05, 4.69) is 62.2 Å². The molecule has 1 saturated heterocycles. The van der Waals surface area contributed by atoms with Crippen molar-refractivity contribution in [2.45, 2.75) is 46.6 Å². The van der Waals surface area contributed by atoms with Crippen molar-refractivity contribution in [2.75, 3.05) is 36.4 Å². The molecule has 1 amide bonds. The van der Waals surface area contributed by atoms with Gasteiger partial charge in [0.2, 0.25) is 0 Å². The van der Waals surface area contributed by atoms with Crippen molar-refractivity contribution in [3.8, 4) is 0 Å². The molecule has 1 fully saturated rings. The topological polar surface area (TPSA) is 36.8 Å². The number of nitrogens with one attached hydrogen (secondary N) is 2. The summed E-state index contributed by atoms with van der Waals surface area (Å²) in [4.78, 5) is 16.7. The number of amides is 1. The van der Waals surface area contributed by atoms with E-state index in [1.165, 1.54) is 21.7 Å². The van der Waals surface area contributed by atoms with Gasteiger partial charge in [0.05, 0.1) is 26.2 Å². The van der Waals surface area contributed by atoms with E-state index in [1.807, 2.05) is 19.1 Å². The highest BCUT2D eigenvalue weighted by Gasteiger charge is 2.30. The third-order valence-electron chi connectivity index (χ3n) is 6.10. The Labute approximate surface area is 179 Å². The Balaban J connectivity index is 1.65. The summed E-state index contributed by atoms with van der Waals surface area (Å²) in [6.45, 7) is 14.3. The second-order valence-electron chi connectivity index (χ2n) is 8.48. The zero-order chi connectivity index (χ0) is 21.1. The fourth-order valence-corrected chi connectivity index (χ4v) is 4.32. The molecule has 0 bridgehead atoms. The zero-order valence-electron chi connectivity index (χ0n) is 18.2. The molecule has 4 nitrogen and oxygen atoms in total. The lowest BCUT2D eigenvalue weighted by Gasteiger charge is -2.36. The van der Waals surface area contributed by atoms with E-state index in [9.17, 15) is 4.79 Å². The number of halogens is 1. The van der Waals surface area contributed by atoms with Crippen molar-refractivity contribution in [1.29, 1.82) is 0 Å². The number of piperazine rings is 1. The molecule has 1 aliphatic rings. The van der Waals surface area contributed by atoms with Crippen LogP contribution in [-0.4, -0.2) is 38.1 Å².